The standard InChI is InChI=1S/C9H10FNO3/c10-6-1-2-8(7(11)5-6)14-4-3-9(12)13/h1-2,5H,3-4,11H2,(H,12,13). The Morgan fingerprint density at radius 1 is 1.57 bits per heavy atom. The van der Waals surface area contributed by atoms with Crippen molar-refractivity contribution >= 4 is 11.7 Å². The number of nitrogen functional groups attached to an aromatic ring is 1. The van der Waals surface area contributed by atoms with Crippen LogP contribution in [0.15, 0.2) is 18.2 Å². The third-order valence-electron chi connectivity index (χ3n) is 1.55. The van der Waals surface area contributed by atoms with Crippen molar-refractivity contribution in [1.82, 2.24) is 0 Å². The molecule has 1 rings (SSSR count). The van der Waals surface area contributed by atoms with Gasteiger partial charge in [0.1, 0.15) is 11.6 Å². The van der Waals surface area contributed by atoms with E-state index in [0.717, 1.165) is 6.07 Å². The third-order valence-corrected chi connectivity index (χ3v) is 1.55. The summed E-state index contributed by atoms with van der Waals surface area (Å²) < 4.78 is 17.6. The van der Waals surface area contributed by atoms with Crippen LogP contribution in [0, 0.1) is 5.82 Å². The van der Waals surface area contributed by atoms with Crippen LogP contribution >= 0.6 is 0 Å². The van der Waals surface area contributed by atoms with Crippen molar-refractivity contribution in [2.24, 2.45) is 0 Å². The first-order chi connectivity index (χ1) is 6.59. The number of carbonyl (C=O) groups is 1. The van der Waals surface area contributed by atoms with Gasteiger partial charge in [0.15, 0.2) is 0 Å². The van der Waals surface area contributed by atoms with E-state index in [1.807, 2.05) is 0 Å². The number of nitrogens with two attached hydrogens (primary N) is 1. The molecular formula is C9H10FNO3. The molecule has 1 aromatic rings. The average Bonchev–Trinajstić information content (AvgIpc) is 2.08. The molecule has 0 spiro atoms. The number of benzene rings is 1. The summed E-state index contributed by atoms with van der Waals surface area (Å²) >= 11 is 0. The van der Waals surface area contributed by atoms with Gasteiger partial charge in [-0.15, -0.1) is 0 Å². The van der Waals surface area contributed by atoms with Crippen molar-refractivity contribution in [2.75, 3.05) is 12.3 Å². The Bertz CT molecular complexity index is 341. The molecule has 0 amide bonds. The van der Waals surface area contributed by atoms with Gasteiger partial charge in [-0.3, -0.25) is 4.79 Å². The van der Waals surface area contributed by atoms with E-state index in [9.17, 15) is 9.18 Å². The Kier molecular flexibility index (Phi) is 3.28. The van der Waals surface area contributed by atoms with Crippen molar-refractivity contribution in [3.05, 3.63) is 24.0 Å². The van der Waals surface area contributed by atoms with E-state index in [-0.39, 0.29) is 18.7 Å². The normalized spacial score (nSPS) is 9.79. The van der Waals surface area contributed by atoms with Gasteiger partial charge in [-0.25, -0.2) is 4.39 Å². The monoisotopic (exact) mass is 199 g/mol. The second-order valence-electron chi connectivity index (χ2n) is 2.67. The maximum absolute atomic E-state index is 12.6. The summed E-state index contributed by atoms with van der Waals surface area (Å²) in [6.45, 7) is 0.0190. The number of anilines is 1. The molecule has 5 heteroatoms. The molecule has 0 aliphatic rings. The Hall–Kier alpha value is -1.78. The van der Waals surface area contributed by atoms with Crippen molar-refractivity contribution in [2.45, 2.75) is 6.42 Å². The highest BCUT2D eigenvalue weighted by Crippen LogP contribution is 2.21. The minimum atomic E-state index is -0.953. The van der Waals surface area contributed by atoms with Crippen molar-refractivity contribution in [1.29, 1.82) is 0 Å². The zero-order valence-corrected chi connectivity index (χ0v) is 7.37. The summed E-state index contributed by atoms with van der Waals surface area (Å²) in [6.07, 6.45) is -0.114. The van der Waals surface area contributed by atoms with Crippen LogP contribution < -0.4 is 10.5 Å². The fourth-order valence-corrected chi connectivity index (χ4v) is 0.899. The van der Waals surface area contributed by atoms with Gasteiger partial charge in [-0.1, -0.05) is 0 Å². The molecule has 0 unspecified atom stereocenters. The van der Waals surface area contributed by atoms with E-state index in [4.69, 9.17) is 15.6 Å². The lowest BCUT2D eigenvalue weighted by Crippen LogP contribution is -2.06. The lowest BCUT2D eigenvalue weighted by Gasteiger charge is -2.06. The van der Waals surface area contributed by atoms with E-state index >= 15 is 0 Å². The van der Waals surface area contributed by atoms with E-state index in [1.54, 1.807) is 0 Å². The molecular weight excluding hydrogens is 189 g/mol. The largest absolute Gasteiger partial charge is 0.491 e. The molecule has 0 bridgehead atoms. The lowest BCUT2D eigenvalue weighted by atomic mass is 10.3. The predicted octanol–water partition coefficient (Wildman–Crippen LogP) is 1.26. The number of aliphatic carboxylic acids is 1. The van der Waals surface area contributed by atoms with Crippen LogP contribution in [-0.4, -0.2) is 17.7 Å². The molecule has 0 aromatic heterocycles. The SMILES string of the molecule is Nc1cc(F)ccc1OCCC(=O)O. The minimum Gasteiger partial charge on any atom is -0.491 e. The van der Waals surface area contributed by atoms with Crippen LogP contribution in [0.5, 0.6) is 5.75 Å². The van der Waals surface area contributed by atoms with Gasteiger partial charge in [-0.05, 0) is 12.1 Å². The van der Waals surface area contributed by atoms with E-state index in [1.165, 1.54) is 12.1 Å². The highest BCUT2D eigenvalue weighted by atomic mass is 19.1. The van der Waals surface area contributed by atoms with Crippen LogP contribution in [0.3, 0.4) is 0 Å². The fraction of sp³-hybridized carbons (Fsp3) is 0.222. The van der Waals surface area contributed by atoms with Gasteiger partial charge < -0.3 is 15.6 Å². The summed E-state index contributed by atoms with van der Waals surface area (Å²) in [5, 5.41) is 8.33. The second kappa shape index (κ2) is 4.45. The Morgan fingerprint density at radius 3 is 2.86 bits per heavy atom. The maximum Gasteiger partial charge on any atom is 0.306 e. The fourth-order valence-electron chi connectivity index (χ4n) is 0.899. The molecule has 0 radical (unpaired) electrons. The van der Waals surface area contributed by atoms with Gasteiger partial charge in [0.05, 0.1) is 18.7 Å². The maximum atomic E-state index is 12.6. The first-order valence-corrected chi connectivity index (χ1v) is 3.99. The molecule has 0 saturated carbocycles. The molecule has 0 saturated heterocycles. The van der Waals surface area contributed by atoms with Gasteiger partial charge >= 0.3 is 5.97 Å². The van der Waals surface area contributed by atoms with Crippen molar-refractivity contribution < 1.29 is 19.0 Å². The highest BCUT2D eigenvalue weighted by molar-refractivity contribution is 5.66. The number of carboxylic acids is 1. The summed E-state index contributed by atoms with van der Waals surface area (Å²) in [4.78, 5) is 10.2. The molecule has 0 fully saturated rings. The number of ether oxygens (including phenoxy) is 1. The predicted molar refractivity (Wildman–Crippen MR) is 48.6 cm³/mol. The zero-order chi connectivity index (χ0) is 10.6. The van der Waals surface area contributed by atoms with Crippen molar-refractivity contribution in [3.63, 3.8) is 0 Å². The summed E-state index contributed by atoms with van der Waals surface area (Å²) in [5.74, 6) is -1.11. The molecule has 14 heavy (non-hydrogen) atoms. The lowest BCUT2D eigenvalue weighted by molar-refractivity contribution is -0.137. The highest BCUT2D eigenvalue weighted by Gasteiger charge is 2.03. The number of halogens is 1. The molecule has 1 aromatic carbocycles. The Balaban J connectivity index is 2.55. The third kappa shape index (κ3) is 2.93. The van der Waals surface area contributed by atoms with Gasteiger partial charge in [0.25, 0.3) is 0 Å². The topological polar surface area (TPSA) is 72.5 Å². The van der Waals surface area contributed by atoms with E-state index in [2.05, 4.69) is 0 Å². The number of rotatable bonds is 4. The first kappa shape index (κ1) is 10.3. The van der Waals surface area contributed by atoms with Crippen LogP contribution in [-0.2, 0) is 4.79 Å². The number of hydrogen-bond acceptors (Lipinski definition) is 3. The van der Waals surface area contributed by atoms with Crippen LogP contribution in [0.1, 0.15) is 6.42 Å². The first-order valence-electron chi connectivity index (χ1n) is 3.99. The quantitative estimate of drug-likeness (QED) is 0.716. The molecule has 0 atom stereocenters. The average molecular weight is 199 g/mol. The van der Waals surface area contributed by atoms with Crippen LogP contribution in [0.2, 0.25) is 0 Å². The number of hydrogen-bond donors (Lipinski definition) is 2. The van der Waals surface area contributed by atoms with Gasteiger partial charge in [0, 0.05) is 6.07 Å². The molecule has 3 N–H and O–H groups in total. The molecule has 0 aliphatic heterocycles. The van der Waals surface area contributed by atoms with Crippen molar-refractivity contribution in [3.8, 4) is 5.75 Å². The van der Waals surface area contributed by atoms with Crippen LogP contribution in [0.25, 0.3) is 0 Å². The molecule has 0 heterocycles. The van der Waals surface area contributed by atoms with Gasteiger partial charge in [0.2, 0.25) is 0 Å². The van der Waals surface area contributed by atoms with Crippen LogP contribution in [0.4, 0.5) is 10.1 Å². The number of carboxylic acid groups (broad SMARTS) is 1. The molecule has 0 aliphatic carbocycles. The molecule has 76 valence electrons. The van der Waals surface area contributed by atoms with E-state index in [0.29, 0.717) is 5.75 Å². The zero-order valence-electron chi connectivity index (χ0n) is 7.37. The summed E-state index contributed by atoms with van der Waals surface area (Å²) in [5.41, 5.74) is 5.59. The summed E-state index contributed by atoms with van der Waals surface area (Å²) in [7, 11) is 0. The second-order valence-corrected chi connectivity index (χ2v) is 2.67. The Labute approximate surface area is 80.1 Å². The van der Waals surface area contributed by atoms with Gasteiger partial charge in [-0.2, -0.15) is 0 Å². The Morgan fingerprint density at radius 2 is 2.29 bits per heavy atom. The van der Waals surface area contributed by atoms with E-state index < -0.39 is 11.8 Å². The smallest absolute Gasteiger partial charge is 0.306 e. The molecule has 4 nitrogen and oxygen atoms in total. The summed E-state index contributed by atoms with van der Waals surface area (Å²) in [6, 6.07) is 3.69. The minimum absolute atomic E-state index is 0.0190.